The molecule has 0 amide bonds. The Morgan fingerprint density at radius 3 is 2.89 bits per heavy atom. The van der Waals surface area contributed by atoms with E-state index in [1.807, 2.05) is 38.1 Å². The van der Waals surface area contributed by atoms with Crippen molar-refractivity contribution in [3.63, 3.8) is 0 Å². The van der Waals surface area contributed by atoms with E-state index in [1.165, 1.54) is 0 Å². The molecule has 7 heteroatoms. The number of benzene rings is 1. The lowest BCUT2D eigenvalue weighted by Gasteiger charge is -2.22. The van der Waals surface area contributed by atoms with Crippen LogP contribution >= 0.6 is 36.7 Å². The molecule has 0 bridgehead atoms. The number of aryl methyl sites for hydroxylation is 1. The van der Waals surface area contributed by atoms with Crippen LogP contribution in [0.2, 0.25) is 0 Å². The molecule has 1 atom stereocenters. The predicted molar refractivity (Wildman–Crippen MR) is 122 cm³/mol. The van der Waals surface area contributed by atoms with E-state index < -0.39 is 5.41 Å². The maximum Gasteiger partial charge on any atom is 0.251 e. The van der Waals surface area contributed by atoms with Crippen molar-refractivity contribution in [3.8, 4) is 6.07 Å². The van der Waals surface area contributed by atoms with Gasteiger partial charge in [-0.3, -0.25) is 4.79 Å². The zero-order valence-electron chi connectivity index (χ0n) is 15.1. The fourth-order valence-electron chi connectivity index (χ4n) is 2.79. The predicted octanol–water partition coefficient (Wildman–Crippen LogP) is 4.66. The van der Waals surface area contributed by atoms with Gasteiger partial charge in [-0.15, -0.1) is 0 Å². The average molecular weight is 540 g/mol. The maximum absolute atomic E-state index is 12.1. The fraction of sp³-hybridized carbons (Fsp3) is 0.300. The minimum atomic E-state index is -0.706. The number of allylic oxidation sites excluding steroid dienone is 1. The molecule has 2 heterocycles. The second-order valence-corrected chi connectivity index (χ2v) is 9.52. The first kappa shape index (κ1) is 20.1. The molecule has 1 aromatic carbocycles. The highest BCUT2D eigenvalue weighted by Crippen LogP contribution is 2.29. The second kappa shape index (κ2) is 8.59. The smallest absolute Gasteiger partial charge is 0.251 e. The zero-order valence-corrected chi connectivity index (χ0v) is 18.8. The van der Waals surface area contributed by atoms with Gasteiger partial charge in [0.1, 0.15) is 0 Å². The third kappa shape index (κ3) is 4.62. The number of nitrogens with one attached hydrogen (secondary N) is 1. The Balaban J connectivity index is 1.80. The topological polar surface area (TPSA) is 78.2 Å². The number of aliphatic imine (C=N–C) groups is 1. The minimum absolute atomic E-state index is 0.0705. The molecule has 0 spiro atoms. The first-order chi connectivity index (χ1) is 12.9. The number of nitrogens with zero attached hydrogens (tertiary/aromatic N) is 2. The number of ether oxygens (including phenoxy) is 1. The summed E-state index contributed by atoms with van der Waals surface area (Å²) in [5.41, 5.74) is 1.61. The van der Waals surface area contributed by atoms with Gasteiger partial charge in [-0.05, 0) is 83.6 Å². The Labute approximate surface area is 176 Å². The van der Waals surface area contributed by atoms with Gasteiger partial charge in [0, 0.05) is 21.8 Å². The average Bonchev–Trinajstić information content (AvgIpc) is 2.68. The van der Waals surface area contributed by atoms with Crippen LogP contribution in [-0.2, 0) is 16.6 Å². The molecular formula is C20H19BrIN3O2. The number of pyridine rings is 1. The van der Waals surface area contributed by atoms with Crippen LogP contribution in [0.5, 0.6) is 0 Å². The summed E-state index contributed by atoms with van der Waals surface area (Å²) >= 11 is 3.03. The van der Waals surface area contributed by atoms with E-state index in [4.69, 9.17) is 4.74 Å². The van der Waals surface area contributed by atoms with Crippen LogP contribution in [0.25, 0.3) is 10.9 Å². The number of halogens is 2. The van der Waals surface area contributed by atoms with Gasteiger partial charge in [-0.2, -0.15) is 5.26 Å². The first-order valence-electron chi connectivity index (χ1n) is 8.56. The molecule has 0 saturated carbocycles. The Hall–Kier alpha value is -1.63. The Morgan fingerprint density at radius 2 is 2.22 bits per heavy atom. The van der Waals surface area contributed by atoms with Crippen LogP contribution in [0.15, 0.2) is 42.6 Å². The van der Waals surface area contributed by atoms with Crippen LogP contribution in [0.3, 0.4) is 0 Å². The van der Waals surface area contributed by atoms with E-state index in [1.54, 1.807) is 6.21 Å². The number of hydrogen-bond acceptors (Lipinski definition) is 4. The van der Waals surface area contributed by atoms with Crippen molar-refractivity contribution >= 4 is 57.6 Å². The molecule has 140 valence electrons. The van der Waals surface area contributed by atoms with Gasteiger partial charge in [0.15, 0.2) is 3.82 Å². The minimum Gasteiger partial charge on any atom is -0.325 e. The lowest BCUT2D eigenvalue weighted by molar-refractivity contribution is 0.278. The molecule has 1 unspecified atom stereocenters. The van der Waals surface area contributed by atoms with Crippen LogP contribution < -0.4 is 5.56 Å². The van der Waals surface area contributed by atoms with Crippen molar-refractivity contribution in [1.29, 1.82) is 5.26 Å². The summed E-state index contributed by atoms with van der Waals surface area (Å²) in [6.07, 6.45) is 2.96. The van der Waals surface area contributed by atoms with Gasteiger partial charge >= 0.3 is 0 Å². The molecule has 3 rings (SSSR count). The van der Waals surface area contributed by atoms with Crippen LogP contribution in [-0.4, -0.2) is 21.6 Å². The number of aromatic nitrogens is 1. The Morgan fingerprint density at radius 1 is 1.41 bits per heavy atom. The number of H-pyrrole nitrogens is 1. The van der Waals surface area contributed by atoms with E-state index in [0.29, 0.717) is 19.4 Å². The number of rotatable bonds is 6. The van der Waals surface area contributed by atoms with Crippen molar-refractivity contribution in [2.75, 3.05) is 6.61 Å². The highest BCUT2D eigenvalue weighted by Gasteiger charge is 2.27. The lowest BCUT2D eigenvalue weighted by Crippen LogP contribution is -2.23. The lowest BCUT2D eigenvalue weighted by atomic mass is 9.81. The molecule has 1 N–H and O–H groups in total. The summed E-state index contributed by atoms with van der Waals surface area (Å²) in [6.45, 7) is 4.28. The molecule has 5 nitrogen and oxygen atoms in total. The van der Waals surface area contributed by atoms with E-state index in [-0.39, 0.29) is 26.3 Å². The third-order valence-electron chi connectivity index (χ3n) is 4.55. The molecule has 0 fully saturated rings. The summed E-state index contributed by atoms with van der Waals surface area (Å²) < 4.78 is 9.62. The SMILES string of the molecule is CCc1cc2ccc(C(C)(C#N)CCOC3=IC=C(Br)C=N3)cc2[nH]c1=O. The molecular weight excluding hydrogens is 521 g/mol. The molecule has 1 aliphatic heterocycles. The summed E-state index contributed by atoms with van der Waals surface area (Å²) in [5.74, 6) is 0. The normalized spacial score (nSPS) is 16.1. The molecule has 0 saturated heterocycles. The number of aromatic amines is 1. The van der Waals surface area contributed by atoms with E-state index in [9.17, 15) is 10.1 Å². The Kier molecular flexibility index (Phi) is 6.40. The van der Waals surface area contributed by atoms with Crippen molar-refractivity contribution < 1.29 is 4.74 Å². The number of nitriles is 1. The summed E-state index contributed by atoms with van der Waals surface area (Å²) in [7, 11) is 0. The van der Waals surface area contributed by atoms with Crippen molar-refractivity contribution in [3.05, 3.63) is 54.3 Å². The summed E-state index contributed by atoms with van der Waals surface area (Å²) in [6, 6.07) is 10.1. The van der Waals surface area contributed by atoms with Gasteiger partial charge in [0.2, 0.25) is 0 Å². The summed E-state index contributed by atoms with van der Waals surface area (Å²) in [5, 5.41) is 10.8. The molecule has 27 heavy (non-hydrogen) atoms. The quantitative estimate of drug-likeness (QED) is 0.542. The molecule has 1 aromatic heterocycles. The van der Waals surface area contributed by atoms with Gasteiger partial charge in [0.25, 0.3) is 5.56 Å². The number of hydrogen-bond donors (Lipinski definition) is 1. The zero-order chi connectivity index (χ0) is 19.4. The molecule has 0 aliphatic carbocycles. The van der Waals surface area contributed by atoms with Gasteiger partial charge < -0.3 is 9.72 Å². The van der Waals surface area contributed by atoms with E-state index >= 15 is 0 Å². The van der Waals surface area contributed by atoms with E-state index in [0.717, 1.165) is 30.3 Å². The summed E-state index contributed by atoms with van der Waals surface area (Å²) in [4.78, 5) is 19.3. The van der Waals surface area contributed by atoms with Crippen molar-refractivity contribution in [2.45, 2.75) is 32.1 Å². The number of fused-ring (bicyclic) bond motifs is 1. The first-order valence-corrected chi connectivity index (χ1v) is 11.7. The van der Waals surface area contributed by atoms with Crippen molar-refractivity contribution in [1.82, 2.24) is 4.98 Å². The monoisotopic (exact) mass is 539 g/mol. The third-order valence-corrected chi connectivity index (χ3v) is 7.95. The van der Waals surface area contributed by atoms with E-state index in [2.05, 4.69) is 36.1 Å². The Bertz CT molecular complexity index is 1070. The largest absolute Gasteiger partial charge is 0.325 e. The van der Waals surface area contributed by atoms with Crippen molar-refractivity contribution in [2.24, 2.45) is 4.99 Å². The van der Waals surface area contributed by atoms with Gasteiger partial charge in [-0.1, -0.05) is 19.1 Å². The van der Waals surface area contributed by atoms with Crippen LogP contribution in [0.1, 0.15) is 31.4 Å². The second-order valence-electron chi connectivity index (χ2n) is 6.44. The maximum atomic E-state index is 12.1. The standard InChI is InChI=1S/C20H19BrIN3O2/c1-3-13-8-14-4-5-15(9-17(14)25-18(13)26)20(2,12-23)6-7-27-19-22-10-16(21)11-24-19/h4-5,8-11H,3,6-7H2,1-2H3,(H,25,26). The molecule has 1 aliphatic rings. The van der Waals surface area contributed by atoms with Crippen LogP contribution in [0.4, 0.5) is 0 Å². The van der Waals surface area contributed by atoms with Gasteiger partial charge in [-0.25, -0.2) is 4.99 Å². The molecule has 0 radical (unpaired) electrons. The van der Waals surface area contributed by atoms with Gasteiger partial charge in [0.05, 0.1) is 18.1 Å². The fourth-order valence-corrected chi connectivity index (χ4v) is 4.90. The van der Waals surface area contributed by atoms with Crippen LogP contribution in [0, 0.1) is 11.3 Å². The highest BCUT2D eigenvalue weighted by molar-refractivity contribution is 14.2. The molecule has 2 aromatic rings. The highest BCUT2D eigenvalue weighted by atomic mass is 127.